The molecule has 10 heteroatoms. The third-order valence-corrected chi connectivity index (χ3v) is 11.7. The molecule has 1 aliphatic rings. The molecule has 0 aromatic heterocycles. The summed E-state index contributed by atoms with van der Waals surface area (Å²) in [5, 5.41) is 64.8. The fraction of sp³-hybridized carbons (Fsp3) is 0.936. The van der Waals surface area contributed by atoms with Crippen LogP contribution >= 0.6 is 0 Å². The normalized spacial score (nSPS) is 21.6. The maximum absolute atomic E-state index is 13.1. The van der Waals surface area contributed by atoms with E-state index < -0.39 is 61.5 Å². The third kappa shape index (κ3) is 28.1. The van der Waals surface area contributed by atoms with E-state index in [1.165, 1.54) is 135 Å². The zero-order valence-corrected chi connectivity index (χ0v) is 36.7. The van der Waals surface area contributed by atoms with E-state index in [1.54, 1.807) is 0 Å². The van der Waals surface area contributed by atoms with Gasteiger partial charge in [-0.1, -0.05) is 193 Å². The van der Waals surface area contributed by atoms with Gasteiger partial charge in [0, 0.05) is 0 Å². The minimum absolute atomic E-state index is 0.255. The molecule has 0 saturated carbocycles. The van der Waals surface area contributed by atoms with E-state index in [0.717, 1.165) is 57.8 Å². The molecule has 1 rings (SSSR count). The number of aliphatic hydroxyl groups is 6. The standard InChI is InChI=1S/C47H91NO9/c1-3-5-7-9-11-13-15-17-18-19-20-21-22-23-24-26-28-30-32-34-36-41(51)46(55)48-39(38-56-47-45(54)44(53)43(52)42(37-49)57-47)40(50)35-33-31-29-27-25-16-14-12-10-8-6-4-2/h21-22,39-45,47,49-54H,3-20,23-38H2,1-2H3,(H,48,55)/b22-21-. The van der Waals surface area contributed by atoms with Crippen LogP contribution in [0.15, 0.2) is 12.2 Å². The van der Waals surface area contributed by atoms with Crippen molar-refractivity contribution in [2.45, 2.75) is 268 Å². The minimum Gasteiger partial charge on any atom is -0.394 e. The highest BCUT2D eigenvalue weighted by molar-refractivity contribution is 5.80. The molecule has 0 radical (unpaired) electrons. The zero-order valence-electron chi connectivity index (χ0n) is 36.7. The Morgan fingerprint density at radius 3 is 1.42 bits per heavy atom. The van der Waals surface area contributed by atoms with Crippen molar-refractivity contribution in [1.82, 2.24) is 5.32 Å². The predicted octanol–water partition coefficient (Wildman–Crippen LogP) is 9.09. The van der Waals surface area contributed by atoms with Crippen LogP contribution in [-0.2, 0) is 14.3 Å². The quantitative estimate of drug-likeness (QED) is 0.0236. The highest BCUT2D eigenvalue weighted by Gasteiger charge is 2.44. The first kappa shape index (κ1) is 53.9. The molecule has 1 saturated heterocycles. The van der Waals surface area contributed by atoms with Gasteiger partial charge in [-0.3, -0.25) is 4.79 Å². The van der Waals surface area contributed by atoms with Crippen molar-refractivity contribution in [2.75, 3.05) is 13.2 Å². The van der Waals surface area contributed by atoms with Crippen molar-refractivity contribution in [3.63, 3.8) is 0 Å². The Bertz CT molecular complexity index is 921. The van der Waals surface area contributed by atoms with Gasteiger partial charge in [0.1, 0.15) is 30.5 Å². The van der Waals surface area contributed by atoms with Crippen molar-refractivity contribution in [1.29, 1.82) is 0 Å². The van der Waals surface area contributed by atoms with Crippen LogP contribution in [0.2, 0.25) is 0 Å². The van der Waals surface area contributed by atoms with E-state index in [2.05, 4.69) is 31.3 Å². The molecule has 10 nitrogen and oxygen atoms in total. The van der Waals surface area contributed by atoms with E-state index in [9.17, 15) is 35.4 Å². The van der Waals surface area contributed by atoms with Crippen molar-refractivity contribution in [2.24, 2.45) is 0 Å². The van der Waals surface area contributed by atoms with Crippen LogP contribution in [0.3, 0.4) is 0 Å². The number of allylic oxidation sites excluding steroid dienone is 2. The van der Waals surface area contributed by atoms with Crippen LogP contribution in [-0.4, -0.2) is 98.7 Å². The maximum Gasteiger partial charge on any atom is 0.249 e. The van der Waals surface area contributed by atoms with Gasteiger partial charge < -0.3 is 45.4 Å². The van der Waals surface area contributed by atoms with Gasteiger partial charge in [-0.15, -0.1) is 0 Å². The summed E-state index contributed by atoms with van der Waals surface area (Å²) in [7, 11) is 0. The highest BCUT2D eigenvalue weighted by atomic mass is 16.7. The summed E-state index contributed by atoms with van der Waals surface area (Å²) in [6.07, 6.45) is 32.6. The molecule has 0 aromatic carbocycles. The molecule has 7 N–H and O–H groups in total. The van der Waals surface area contributed by atoms with Crippen LogP contribution in [0.5, 0.6) is 0 Å². The van der Waals surface area contributed by atoms with Crippen LogP contribution in [0.1, 0.15) is 219 Å². The summed E-state index contributed by atoms with van der Waals surface area (Å²) in [6.45, 7) is 3.66. The molecular formula is C47H91NO9. The molecule has 8 atom stereocenters. The molecule has 1 amide bonds. The second kappa shape index (κ2) is 37.9. The van der Waals surface area contributed by atoms with Gasteiger partial charge >= 0.3 is 0 Å². The molecule has 0 aliphatic carbocycles. The first-order valence-electron chi connectivity index (χ1n) is 24.0. The Morgan fingerprint density at radius 1 is 0.579 bits per heavy atom. The lowest BCUT2D eigenvalue weighted by molar-refractivity contribution is -0.302. The second-order valence-electron chi connectivity index (χ2n) is 17.0. The van der Waals surface area contributed by atoms with Gasteiger partial charge in [-0.2, -0.15) is 0 Å². The summed E-state index contributed by atoms with van der Waals surface area (Å²) < 4.78 is 11.2. The Morgan fingerprint density at radius 2 is 0.982 bits per heavy atom. The molecule has 0 bridgehead atoms. The largest absolute Gasteiger partial charge is 0.394 e. The molecule has 0 aromatic rings. The lowest BCUT2D eigenvalue weighted by Crippen LogP contribution is -2.60. The Hall–Kier alpha value is -1.11. The van der Waals surface area contributed by atoms with Gasteiger partial charge in [0.15, 0.2) is 6.29 Å². The lowest BCUT2D eigenvalue weighted by Gasteiger charge is -2.40. The van der Waals surface area contributed by atoms with Crippen molar-refractivity contribution < 1.29 is 44.9 Å². The number of rotatable bonds is 40. The van der Waals surface area contributed by atoms with Gasteiger partial charge in [-0.25, -0.2) is 0 Å². The summed E-state index contributed by atoms with van der Waals surface area (Å²) in [4.78, 5) is 13.1. The molecule has 338 valence electrons. The first-order chi connectivity index (χ1) is 27.8. The molecule has 1 heterocycles. The molecule has 1 aliphatic heterocycles. The van der Waals surface area contributed by atoms with Gasteiger partial charge in [0.2, 0.25) is 5.91 Å². The average Bonchev–Trinajstić information content (AvgIpc) is 3.21. The number of unbranched alkanes of at least 4 members (excludes halogenated alkanes) is 27. The van der Waals surface area contributed by atoms with Crippen LogP contribution in [0, 0.1) is 0 Å². The average molecular weight is 814 g/mol. The number of ether oxygens (including phenoxy) is 2. The fourth-order valence-electron chi connectivity index (χ4n) is 7.75. The highest BCUT2D eigenvalue weighted by Crippen LogP contribution is 2.23. The molecule has 1 fully saturated rings. The predicted molar refractivity (Wildman–Crippen MR) is 232 cm³/mol. The van der Waals surface area contributed by atoms with Crippen molar-refractivity contribution in [3.05, 3.63) is 12.2 Å². The lowest BCUT2D eigenvalue weighted by atomic mass is 9.99. The van der Waals surface area contributed by atoms with Gasteiger partial charge in [0.25, 0.3) is 0 Å². The van der Waals surface area contributed by atoms with Crippen molar-refractivity contribution in [3.8, 4) is 0 Å². The minimum atomic E-state index is -1.59. The number of hydrogen-bond acceptors (Lipinski definition) is 9. The summed E-state index contributed by atoms with van der Waals surface area (Å²) in [5.74, 6) is -0.587. The number of aliphatic hydroxyl groups excluding tert-OH is 6. The number of nitrogens with one attached hydrogen (secondary N) is 1. The Labute approximate surface area is 349 Å². The molecular weight excluding hydrogens is 723 g/mol. The Kier molecular flexibility index (Phi) is 35.8. The first-order valence-corrected chi connectivity index (χ1v) is 24.0. The van der Waals surface area contributed by atoms with Crippen LogP contribution in [0.25, 0.3) is 0 Å². The van der Waals surface area contributed by atoms with E-state index in [0.29, 0.717) is 12.8 Å². The smallest absolute Gasteiger partial charge is 0.249 e. The fourth-order valence-corrected chi connectivity index (χ4v) is 7.75. The number of carbonyl (C=O) groups excluding carboxylic acids is 1. The monoisotopic (exact) mass is 814 g/mol. The number of hydrogen-bond donors (Lipinski definition) is 7. The molecule has 0 spiro atoms. The molecule has 57 heavy (non-hydrogen) atoms. The molecule has 8 unspecified atom stereocenters. The van der Waals surface area contributed by atoms with Gasteiger partial charge in [0.05, 0.1) is 25.4 Å². The third-order valence-electron chi connectivity index (χ3n) is 11.7. The van der Waals surface area contributed by atoms with Crippen LogP contribution < -0.4 is 5.32 Å². The van der Waals surface area contributed by atoms with Crippen LogP contribution in [0.4, 0.5) is 0 Å². The van der Waals surface area contributed by atoms with Crippen molar-refractivity contribution >= 4 is 5.91 Å². The summed E-state index contributed by atoms with van der Waals surface area (Å²) >= 11 is 0. The number of carbonyl (C=O) groups is 1. The van der Waals surface area contributed by atoms with E-state index >= 15 is 0 Å². The zero-order chi connectivity index (χ0) is 41.8. The SMILES string of the molecule is CCCCCCCCCCCC/C=C\CCCCCCCCC(O)C(=O)NC(COC1OC(CO)C(O)C(O)C1O)C(O)CCCCCCCCCCCCCC. The van der Waals surface area contributed by atoms with E-state index in [-0.39, 0.29) is 6.61 Å². The van der Waals surface area contributed by atoms with E-state index in [4.69, 9.17) is 9.47 Å². The second-order valence-corrected chi connectivity index (χ2v) is 17.0. The van der Waals surface area contributed by atoms with Gasteiger partial charge in [-0.05, 0) is 38.5 Å². The maximum atomic E-state index is 13.1. The number of amides is 1. The summed E-state index contributed by atoms with van der Waals surface area (Å²) in [6, 6.07) is -0.892. The summed E-state index contributed by atoms with van der Waals surface area (Å²) in [5.41, 5.74) is 0. The topological polar surface area (TPSA) is 169 Å². The Balaban J connectivity index is 2.34. The van der Waals surface area contributed by atoms with E-state index in [1.807, 2.05) is 0 Å².